The van der Waals surface area contributed by atoms with Crippen LogP contribution in [0.3, 0.4) is 0 Å². The second-order valence-electron chi connectivity index (χ2n) is 2.79. The minimum atomic E-state index is -0.808. The van der Waals surface area contributed by atoms with Crippen molar-refractivity contribution in [3.8, 4) is 0 Å². The summed E-state index contributed by atoms with van der Waals surface area (Å²) in [4.78, 5) is 10.5. The van der Waals surface area contributed by atoms with E-state index in [2.05, 4.69) is 0 Å². The van der Waals surface area contributed by atoms with E-state index in [9.17, 15) is 4.79 Å². The second kappa shape index (κ2) is 4.82. The van der Waals surface area contributed by atoms with Crippen LogP contribution < -0.4 is 17.0 Å². The van der Waals surface area contributed by atoms with Gasteiger partial charge in [-0.3, -0.25) is 0 Å². The molecular formula is C9H12ClNO2. The molecule has 13 heavy (non-hydrogen) atoms. The summed E-state index contributed by atoms with van der Waals surface area (Å²) < 4.78 is 1.77. The Balaban J connectivity index is 0.00000144. The fourth-order valence-corrected chi connectivity index (χ4v) is 1.17. The molecule has 1 heterocycles. The van der Waals surface area contributed by atoms with Gasteiger partial charge in [-0.25, -0.2) is 4.79 Å². The topological polar surface area (TPSA) is 41.2 Å². The number of halogens is 1. The molecule has 1 N–H and O–H groups in total. The van der Waals surface area contributed by atoms with Crippen molar-refractivity contribution in [2.45, 2.75) is 20.4 Å². The van der Waals surface area contributed by atoms with Gasteiger partial charge in [0.1, 0.15) is 0 Å². The summed E-state index contributed by atoms with van der Waals surface area (Å²) in [7, 11) is 0. The largest absolute Gasteiger partial charge is 1.00 e. The average molecular weight is 202 g/mol. The Kier molecular flexibility index (Phi) is 4.42. The van der Waals surface area contributed by atoms with Crippen LogP contribution in [0.15, 0.2) is 18.2 Å². The van der Waals surface area contributed by atoms with E-state index in [1.165, 1.54) is 0 Å². The van der Waals surface area contributed by atoms with Gasteiger partial charge in [-0.2, -0.15) is 4.57 Å². The summed E-state index contributed by atoms with van der Waals surface area (Å²) >= 11 is 0. The van der Waals surface area contributed by atoms with E-state index in [0.29, 0.717) is 0 Å². The van der Waals surface area contributed by atoms with Crippen LogP contribution in [0, 0.1) is 13.8 Å². The highest BCUT2D eigenvalue weighted by Crippen LogP contribution is 1.93. The van der Waals surface area contributed by atoms with Crippen molar-refractivity contribution in [2.75, 3.05) is 0 Å². The molecule has 0 atom stereocenters. The molecule has 1 rings (SSSR count). The lowest BCUT2D eigenvalue weighted by molar-refractivity contribution is -0.697. The highest BCUT2D eigenvalue weighted by Gasteiger charge is 2.12. The fourth-order valence-electron chi connectivity index (χ4n) is 1.17. The number of carboxylic acids is 1. The van der Waals surface area contributed by atoms with Crippen LogP contribution in [0.5, 0.6) is 0 Å². The molecule has 0 aliphatic carbocycles. The molecule has 0 fully saturated rings. The molecular weight excluding hydrogens is 190 g/mol. The van der Waals surface area contributed by atoms with Crippen LogP contribution in [0.4, 0.5) is 0 Å². The molecule has 72 valence electrons. The van der Waals surface area contributed by atoms with E-state index in [0.717, 1.165) is 11.4 Å². The molecule has 0 amide bonds. The molecule has 1 aromatic rings. The van der Waals surface area contributed by atoms with Crippen molar-refractivity contribution in [1.29, 1.82) is 0 Å². The number of aryl methyl sites for hydroxylation is 2. The van der Waals surface area contributed by atoms with Crippen LogP contribution in [0.2, 0.25) is 0 Å². The van der Waals surface area contributed by atoms with Crippen LogP contribution in [0.1, 0.15) is 11.4 Å². The van der Waals surface area contributed by atoms with Gasteiger partial charge in [-0.05, 0) is 6.07 Å². The summed E-state index contributed by atoms with van der Waals surface area (Å²) in [6.45, 7) is 3.84. The molecule has 0 aromatic carbocycles. The molecule has 0 radical (unpaired) electrons. The maximum absolute atomic E-state index is 10.5. The molecule has 0 aliphatic rings. The Hall–Kier alpha value is -1.09. The average Bonchev–Trinajstić information content (AvgIpc) is 1.97. The van der Waals surface area contributed by atoms with Gasteiger partial charge in [0.05, 0.1) is 0 Å². The van der Waals surface area contributed by atoms with Crippen molar-refractivity contribution in [1.82, 2.24) is 0 Å². The number of carboxylic acid groups (broad SMARTS) is 1. The zero-order valence-corrected chi connectivity index (χ0v) is 8.38. The lowest BCUT2D eigenvalue weighted by atomic mass is 10.3. The third kappa shape index (κ3) is 3.03. The molecule has 1 aromatic heterocycles. The predicted octanol–water partition coefficient (Wildman–Crippen LogP) is -2.32. The second-order valence-corrected chi connectivity index (χ2v) is 2.79. The SMILES string of the molecule is Cc1cccc(C)[n+]1CC(=O)O.[Cl-]. The standard InChI is InChI=1S/C9H11NO2.ClH/c1-7-4-3-5-8(2)10(7)6-9(11)12;/h3-5H,6H2,1-2H3;1H. The van der Waals surface area contributed by atoms with E-state index in [4.69, 9.17) is 5.11 Å². The highest BCUT2D eigenvalue weighted by molar-refractivity contribution is 5.64. The van der Waals surface area contributed by atoms with Crippen LogP contribution in [-0.4, -0.2) is 11.1 Å². The lowest BCUT2D eigenvalue weighted by Crippen LogP contribution is -3.00. The Morgan fingerprint density at radius 2 is 1.85 bits per heavy atom. The maximum Gasteiger partial charge on any atom is 0.370 e. The van der Waals surface area contributed by atoms with Crippen molar-refractivity contribution < 1.29 is 26.9 Å². The molecule has 0 saturated carbocycles. The van der Waals surface area contributed by atoms with Gasteiger partial charge in [0.25, 0.3) is 0 Å². The number of rotatable bonds is 2. The van der Waals surface area contributed by atoms with Crippen LogP contribution in [0.25, 0.3) is 0 Å². The van der Waals surface area contributed by atoms with Crippen molar-refractivity contribution in [2.24, 2.45) is 0 Å². The maximum atomic E-state index is 10.5. The molecule has 0 saturated heterocycles. The molecule has 0 spiro atoms. The van der Waals surface area contributed by atoms with Gasteiger partial charge in [0.15, 0.2) is 11.4 Å². The van der Waals surface area contributed by atoms with E-state index in [1.807, 2.05) is 32.0 Å². The van der Waals surface area contributed by atoms with Gasteiger partial charge in [-0.15, -0.1) is 0 Å². The fraction of sp³-hybridized carbons (Fsp3) is 0.333. The Morgan fingerprint density at radius 1 is 1.38 bits per heavy atom. The molecule has 0 bridgehead atoms. The predicted molar refractivity (Wildman–Crippen MR) is 43.7 cm³/mol. The molecule has 3 nitrogen and oxygen atoms in total. The van der Waals surface area contributed by atoms with E-state index >= 15 is 0 Å². The third-order valence-electron chi connectivity index (χ3n) is 1.82. The Morgan fingerprint density at radius 3 is 2.23 bits per heavy atom. The zero-order valence-electron chi connectivity index (χ0n) is 7.62. The monoisotopic (exact) mass is 201 g/mol. The first-order chi connectivity index (χ1) is 5.61. The quantitative estimate of drug-likeness (QED) is 0.546. The lowest BCUT2D eigenvalue weighted by Gasteiger charge is -1.99. The van der Waals surface area contributed by atoms with Gasteiger partial charge in [0, 0.05) is 26.0 Å². The summed E-state index contributed by atoms with van der Waals surface area (Å²) in [6.07, 6.45) is 0. The smallest absolute Gasteiger partial charge is 0.370 e. The number of aliphatic carboxylic acids is 1. The molecule has 0 aliphatic heterocycles. The van der Waals surface area contributed by atoms with E-state index in [1.54, 1.807) is 4.57 Å². The Labute approximate surface area is 83.4 Å². The first-order valence-corrected chi connectivity index (χ1v) is 3.79. The molecule has 0 unspecified atom stereocenters. The van der Waals surface area contributed by atoms with Crippen molar-refractivity contribution >= 4 is 5.97 Å². The number of carbonyl (C=O) groups is 1. The Bertz CT molecular complexity index is 292. The van der Waals surface area contributed by atoms with Crippen LogP contribution >= 0.6 is 0 Å². The van der Waals surface area contributed by atoms with E-state index in [-0.39, 0.29) is 19.0 Å². The molecule has 4 heteroatoms. The van der Waals surface area contributed by atoms with Gasteiger partial charge < -0.3 is 17.5 Å². The van der Waals surface area contributed by atoms with Crippen molar-refractivity contribution in [3.63, 3.8) is 0 Å². The highest BCUT2D eigenvalue weighted by atomic mass is 35.5. The summed E-state index contributed by atoms with van der Waals surface area (Å²) in [5.74, 6) is -0.808. The minimum absolute atomic E-state index is 0. The minimum Gasteiger partial charge on any atom is -1.00 e. The van der Waals surface area contributed by atoms with Crippen LogP contribution in [-0.2, 0) is 11.3 Å². The number of nitrogens with zero attached hydrogens (tertiary/aromatic N) is 1. The van der Waals surface area contributed by atoms with Gasteiger partial charge in [0.2, 0.25) is 6.54 Å². The van der Waals surface area contributed by atoms with Crippen molar-refractivity contribution in [3.05, 3.63) is 29.6 Å². The van der Waals surface area contributed by atoms with Gasteiger partial charge >= 0.3 is 5.97 Å². The summed E-state index contributed by atoms with van der Waals surface area (Å²) in [5.41, 5.74) is 1.94. The van der Waals surface area contributed by atoms with Gasteiger partial charge in [-0.1, -0.05) is 0 Å². The number of hydrogen-bond donors (Lipinski definition) is 1. The van der Waals surface area contributed by atoms with E-state index < -0.39 is 5.97 Å². The number of aromatic nitrogens is 1. The number of pyridine rings is 1. The first kappa shape index (κ1) is 11.9. The zero-order chi connectivity index (χ0) is 9.14. The third-order valence-corrected chi connectivity index (χ3v) is 1.82. The normalized spacial score (nSPS) is 9.08. The first-order valence-electron chi connectivity index (χ1n) is 3.79. The summed E-state index contributed by atoms with van der Waals surface area (Å²) in [6, 6.07) is 5.72. The summed E-state index contributed by atoms with van der Waals surface area (Å²) in [5, 5.41) is 8.59. The number of hydrogen-bond acceptors (Lipinski definition) is 1.